The molecule has 1 aliphatic rings. The van der Waals surface area contributed by atoms with E-state index in [-0.39, 0.29) is 5.97 Å². The summed E-state index contributed by atoms with van der Waals surface area (Å²) in [6, 6.07) is 5.81. The first kappa shape index (κ1) is 12.4. The number of benzene rings is 1. The quantitative estimate of drug-likeness (QED) is 0.862. The molecular formula is C12H14BrNO3. The lowest BCUT2D eigenvalue weighted by atomic mass is 10.2. The number of rotatable bonds is 4. The number of cyclic esters (lactones) is 1. The van der Waals surface area contributed by atoms with E-state index in [0.717, 1.165) is 16.6 Å². The highest BCUT2D eigenvalue weighted by Crippen LogP contribution is 2.28. The fraction of sp³-hybridized carbons (Fsp3) is 0.417. The molecular weight excluding hydrogens is 286 g/mol. The van der Waals surface area contributed by atoms with Gasteiger partial charge in [-0.1, -0.05) is 6.07 Å². The Morgan fingerprint density at radius 1 is 1.59 bits per heavy atom. The fourth-order valence-corrected chi connectivity index (χ4v) is 2.21. The smallest absolute Gasteiger partial charge is 0.347 e. The lowest BCUT2D eigenvalue weighted by molar-refractivity contribution is -0.143. The van der Waals surface area contributed by atoms with Gasteiger partial charge in [-0.15, -0.1) is 0 Å². The average Bonchev–Trinajstić information content (AvgIpc) is 2.69. The van der Waals surface area contributed by atoms with Crippen LogP contribution in [0.15, 0.2) is 22.7 Å². The number of nitrogens with one attached hydrogen (secondary N) is 1. The van der Waals surface area contributed by atoms with Gasteiger partial charge >= 0.3 is 5.97 Å². The van der Waals surface area contributed by atoms with Crippen LogP contribution in [0.1, 0.15) is 12.0 Å². The van der Waals surface area contributed by atoms with Gasteiger partial charge in [0.1, 0.15) is 5.75 Å². The van der Waals surface area contributed by atoms with Crippen LogP contribution in [0.25, 0.3) is 0 Å². The Hall–Kier alpha value is -1.07. The standard InChI is InChI=1S/C12H14BrNO3/c1-14-7-8-2-3-10(9(13)6-8)17-11-4-5-16-12(11)15/h2-3,6,11,14H,4-5,7H2,1H3. The lowest BCUT2D eigenvalue weighted by Gasteiger charge is -2.12. The number of hydrogen-bond donors (Lipinski definition) is 1. The number of carbonyl (C=O) groups is 1. The van der Waals surface area contributed by atoms with Crippen LogP contribution < -0.4 is 10.1 Å². The molecule has 4 nitrogen and oxygen atoms in total. The number of hydrogen-bond acceptors (Lipinski definition) is 4. The molecule has 0 radical (unpaired) electrons. The van der Waals surface area contributed by atoms with Crippen molar-refractivity contribution in [3.8, 4) is 5.75 Å². The largest absolute Gasteiger partial charge is 0.477 e. The second kappa shape index (κ2) is 5.51. The number of esters is 1. The molecule has 17 heavy (non-hydrogen) atoms. The molecule has 1 aliphatic heterocycles. The van der Waals surface area contributed by atoms with E-state index < -0.39 is 6.10 Å². The third kappa shape index (κ3) is 2.98. The molecule has 92 valence electrons. The molecule has 1 N–H and O–H groups in total. The Morgan fingerprint density at radius 3 is 3.00 bits per heavy atom. The van der Waals surface area contributed by atoms with Crippen LogP contribution in [-0.4, -0.2) is 25.7 Å². The summed E-state index contributed by atoms with van der Waals surface area (Å²) < 4.78 is 11.3. The highest BCUT2D eigenvalue weighted by molar-refractivity contribution is 9.10. The van der Waals surface area contributed by atoms with Crippen molar-refractivity contribution in [2.75, 3.05) is 13.7 Å². The predicted octanol–water partition coefficient (Wildman–Crippen LogP) is 1.86. The minimum Gasteiger partial charge on any atom is -0.477 e. The summed E-state index contributed by atoms with van der Waals surface area (Å²) in [6.45, 7) is 1.24. The molecule has 0 amide bonds. The monoisotopic (exact) mass is 299 g/mol. The molecule has 0 bridgehead atoms. The van der Waals surface area contributed by atoms with Crippen molar-refractivity contribution in [1.82, 2.24) is 5.32 Å². The first-order chi connectivity index (χ1) is 8.20. The SMILES string of the molecule is CNCc1ccc(OC2CCOC2=O)c(Br)c1. The molecule has 0 aromatic heterocycles. The van der Waals surface area contributed by atoms with E-state index in [1.165, 1.54) is 0 Å². The van der Waals surface area contributed by atoms with Gasteiger partial charge in [-0.05, 0) is 40.7 Å². The Balaban J connectivity index is 2.08. The van der Waals surface area contributed by atoms with Crippen LogP contribution in [0.3, 0.4) is 0 Å². The van der Waals surface area contributed by atoms with Crippen LogP contribution >= 0.6 is 15.9 Å². The lowest BCUT2D eigenvalue weighted by Crippen LogP contribution is -2.21. The normalized spacial score (nSPS) is 19.2. The Kier molecular flexibility index (Phi) is 4.02. The molecule has 0 saturated carbocycles. The van der Waals surface area contributed by atoms with Crippen LogP contribution in [0.4, 0.5) is 0 Å². The van der Waals surface area contributed by atoms with E-state index in [4.69, 9.17) is 9.47 Å². The summed E-state index contributed by atoms with van der Waals surface area (Å²) in [7, 11) is 1.90. The average molecular weight is 300 g/mol. The van der Waals surface area contributed by atoms with Crippen molar-refractivity contribution in [1.29, 1.82) is 0 Å². The highest BCUT2D eigenvalue weighted by Gasteiger charge is 2.28. The summed E-state index contributed by atoms with van der Waals surface area (Å²) in [6.07, 6.45) is 0.144. The third-order valence-electron chi connectivity index (χ3n) is 2.53. The van der Waals surface area contributed by atoms with Gasteiger partial charge in [0, 0.05) is 13.0 Å². The zero-order valence-corrected chi connectivity index (χ0v) is 11.1. The molecule has 1 atom stereocenters. The van der Waals surface area contributed by atoms with E-state index in [1.54, 1.807) is 0 Å². The maximum atomic E-state index is 11.3. The van der Waals surface area contributed by atoms with Gasteiger partial charge in [-0.25, -0.2) is 4.79 Å². The Labute approximate surface area is 108 Å². The van der Waals surface area contributed by atoms with E-state index in [9.17, 15) is 4.79 Å². The maximum absolute atomic E-state index is 11.3. The molecule has 0 spiro atoms. The van der Waals surface area contributed by atoms with Gasteiger partial charge in [0.15, 0.2) is 6.10 Å². The van der Waals surface area contributed by atoms with Gasteiger partial charge in [0.05, 0.1) is 11.1 Å². The molecule has 2 rings (SSSR count). The van der Waals surface area contributed by atoms with Gasteiger partial charge in [-0.3, -0.25) is 0 Å². The summed E-state index contributed by atoms with van der Waals surface area (Å²) in [5.41, 5.74) is 1.15. The summed E-state index contributed by atoms with van der Waals surface area (Å²) in [5.74, 6) is 0.393. The van der Waals surface area contributed by atoms with E-state index in [2.05, 4.69) is 21.2 Å². The molecule has 1 heterocycles. The van der Waals surface area contributed by atoms with Gasteiger partial charge < -0.3 is 14.8 Å². The molecule has 1 fully saturated rings. The zero-order valence-electron chi connectivity index (χ0n) is 9.53. The summed E-state index contributed by atoms with van der Waals surface area (Å²) >= 11 is 3.44. The second-order valence-electron chi connectivity index (χ2n) is 3.86. The van der Waals surface area contributed by atoms with Gasteiger partial charge in [0.2, 0.25) is 0 Å². The van der Waals surface area contributed by atoms with E-state index in [0.29, 0.717) is 18.8 Å². The van der Waals surface area contributed by atoms with Crippen molar-refractivity contribution >= 4 is 21.9 Å². The molecule has 0 aliphatic carbocycles. The van der Waals surface area contributed by atoms with Gasteiger partial charge in [-0.2, -0.15) is 0 Å². The maximum Gasteiger partial charge on any atom is 0.347 e. The molecule has 1 saturated heterocycles. The minimum atomic E-state index is -0.471. The third-order valence-corrected chi connectivity index (χ3v) is 3.15. The zero-order chi connectivity index (χ0) is 12.3. The number of halogens is 1. The minimum absolute atomic E-state index is 0.281. The first-order valence-electron chi connectivity index (χ1n) is 5.47. The molecule has 1 aromatic carbocycles. The number of ether oxygens (including phenoxy) is 2. The highest BCUT2D eigenvalue weighted by atomic mass is 79.9. The molecule has 1 unspecified atom stereocenters. The van der Waals surface area contributed by atoms with Crippen molar-refractivity contribution in [3.63, 3.8) is 0 Å². The summed E-state index contributed by atoms with van der Waals surface area (Å²) in [5, 5.41) is 3.08. The van der Waals surface area contributed by atoms with Gasteiger partial charge in [0.25, 0.3) is 0 Å². The van der Waals surface area contributed by atoms with Crippen LogP contribution in [-0.2, 0) is 16.1 Å². The van der Waals surface area contributed by atoms with Crippen LogP contribution in [0, 0.1) is 0 Å². The van der Waals surface area contributed by atoms with Crippen molar-refractivity contribution in [3.05, 3.63) is 28.2 Å². The fourth-order valence-electron chi connectivity index (χ4n) is 1.69. The Morgan fingerprint density at radius 2 is 2.41 bits per heavy atom. The van der Waals surface area contributed by atoms with Crippen LogP contribution in [0.5, 0.6) is 5.75 Å². The topological polar surface area (TPSA) is 47.6 Å². The first-order valence-corrected chi connectivity index (χ1v) is 6.26. The van der Waals surface area contributed by atoms with Crippen molar-refractivity contribution in [2.24, 2.45) is 0 Å². The van der Waals surface area contributed by atoms with Crippen molar-refractivity contribution in [2.45, 2.75) is 19.1 Å². The van der Waals surface area contributed by atoms with Crippen LogP contribution in [0.2, 0.25) is 0 Å². The predicted molar refractivity (Wildman–Crippen MR) is 66.9 cm³/mol. The summed E-state index contributed by atoms with van der Waals surface area (Å²) in [4.78, 5) is 11.3. The molecule has 5 heteroatoms. The Bertz CT molecular complexity index is 422. The van der Waals surface area contributed by atoms with E-state index >= 15 is 0 Å². The molecule has 1 aromatic rings. The van der Waals surface area contributed by atoms with E-state index in [1.807, 2.05) is 25.2 Å². The number of carbonyl (C=O) groups excluding carboxylic acids is 1. The van der Waals surface area contributed by atoms with Crippen molar-refractivity contribution < 1.29 is 14.3 Å². The second-order valence-corrected chi connectivity index (χ2v) is 4.71.